The van der Waals surface area contributed by atoms with Crippen LogP contribution < -0.4 is 5.32 Å². The van der Waals surface area contributed by atoms with Gasteiger partial charge >= 0.3 is 0 Å². The molecule has 1 aromatic carbocycles. The van der Waals surface area contributed by atoms with E-state index in [0.717, 1.165) is 23.9 Å². The standard InChI is InChI=1S/C14H16FN3S/c15-13-6-2-1-5-12(13)11-16-7-4-10-19-14-17-8-3-9-18-14/h1-3,5-6,8-9,16H,4,7,10-11H2. The van der Waals surface area contributed by atoms with Gasteiger partial charge in [0.1, 0.15) is 5.82 Å². The van der Waals surface area contributed by atoms with E-state index in [-0.39, 0.29) is 5.82 Å². The van der Waals surface area contributed by atoms with Crippen LogP contribution in [-0.2, 0) is 6.54 Å². The largest absolute Gasteiger partial charge is 0.313 e. The normalized spacial score (nSPS) is 10.6. The monoisotopic (exact) mass is 277 g/mol. The van der Waals surface area contributed by atoms with Crippen LogP contribution in [0.25, 0.3) is 0 Å². The van der Waals surface area contributed by atoms with E-state index in [4.69, 9.17) is 0 Å². The van der Waals surface area contributed by atoms with E-state index >= 15 is 0 Å². The van der Waals surface area contributed by atoms with Gasteiger partial charge in [-0.05, 0) is 25.1 Å². The van der Waals surface area contributed by atoms with Crippen LogP contribution in [0.2, 0.25) is 0 Å². The molecule has 0 saturated carbocycles. The first-order valence-corrected chi connectivity index (χ1v) is 7.19. The van der Waals surface area contributed by atoms with Gasteiger partial charge in [0, 0.05) is 30.3 Å². The molecular weight excluding hydrogens is 261 g/mol. The number of hydrogen-bond acceptors (Lipinski definition) is 4. The Morgan fingerprint density at radius 3 is 2.68 bits per heavy atom. The predicted octanol–water partition coefficient (Wildman–Crippen LogP) is 2.89. The van der Waals surface area contributed by atoms with Crippen LogP contribution in [0.4, 0.5) is 4.39 Å². The average molecular weight is 277 g/mol. The van der Waals surface area contributed by atoms with Gasteiger partial charge in [0.05, 0.1) is 0 Å². The zero-order valence-electron chi connectivity index (χ0n) is 10.6. The van der Waals surface area contributed by atoms with Gasteiger partial charge in [-0.2, -0.15) is 0 Å². The Morgan fingerprint density at radius 1 is 1.11 bits per heavy atom. The van der Waals surface area contributed by atoms with E-state index in [2.05, 4.69) is 15.3 Å². The van der Waals surface area contributed by atoms with Crippen molar-refractivity contribution >= 4 is 11.8 Å². The number of aromatic nitrogens is 2. The quantitative estimate of drug-likeness (QED) is 0.480. The zero-order valence-corrected chi connectivity index (χ0v) is 11.4. The first-order chi connectivity index (χ1) is 9.36. The molecule has 5 heteroatoms. The summed E-state index contributed by atoms with van der Waals surface area (Å²) in [6.07, 6.45) is 4.48. The molecule has 1 N–H and O–H groups in total. The minimum Gasteiger partial charge on any atom is -0.313 e. The number of hydrogen-bond donors (Lipinski definition) is 1. The van der Waals surface area contributed by atoms with Crippen LogP contribution in [0.3, 0.4) is 0 Å². The summed E-state index contributed by atoms with van der Waals surface area (Å²) in [6.45, 7) is 1.42. The number of benzene rings is 1. The summed E-state index contributed by atoms with van der Waals surface area (Å²) in [5.74, 6) is 0.802. The minimum atomic E-state index is -0.151. The van der Waals surface area contributed by atoms with E-state index in [1.54, 1.807) is 42.4 Å². The summed E-state index contributed by atoms with van der Waals surface area (Å²) < 4.78 is 13.3. The summed E-state index contributed by atoms with van der Waals surface area (Å²) in [5, 5.41) is 4.04. The van der Waals surface area contributed by atoms with E-state index in [9.17, 15) is 4.39 Å². The van der Waals surface area contributed by atoms with Crippen molar-refractivity contribution in [2.75, 3.05) is 12.3 Å². The summed E-state index contributed by atoms with van der Waals surface area (Å²) in [6, 6.07) is 8.65. The van der Waals surface area contributed by atoms with Crippen LogP contribution in [0, 0.1) is 5.82 Å². The number of nitrogens with zero attached hydrogens (tertiary/aromatic N) is 2. The first-order valence-electron chi connectivity index (χ1n) is 6.20. The number of halogens is 1. The minimum absolute atomic E-state index is 0.151. The van der Waals surface area contributed by atoms with Gasteiger partial charge in [0.2, 0.25) is 0 Å². The summed E-state index contributed by atoms with van der Waals surface area (Å²) in [7, 11) is 0. The molecule has 0 unspecified atom stereocenters. The Bertz CT molecular complexity index is 493. The SMILES string of the molecule is Fc1ccccc1CNCCCSc1ncccn1. The molecule has 0 fully saturated rings. The fraction of sp³-hybridized carbons (Fsp3) is 0.286. The second-order valence-electron chi connectivity index (χ2n) is 4.00. The molecule has 1 heterocycles. The molecule has 0 bridgehead atoms. The third-order valence-corrected chi connectivity index (χ3v) is 3.51. The summed E-state index contributed by atoms with van der Waals surface area (Å²) in [4.78, 5) is 8.28. The van der Waals surface area contributed by atoms with Crippen LogP contribution in [-0.4, -0.2) is 22.3 Å². The summed E-state index contributed by atoms with van der Waals surface area (Å²) in [5.41, 5.74) is 0.710. The highest BCUT2D eigenvalue weighted by Crippen LogP contribution is 2.11. The van der Waals surface area contributed by atoms with Crippen molar-refractivity contribution in [2.24, 2.45) is 0 Å². The molecule has 1 aromatic heterocycles. The van der Waals surface area contributed by atoms with Crippen molar-refractivity contribution in [2.45, 2.75) is 18.1 Å². The van der Waals surface area contributed by atoms with Gasteiger partial charge < -0.3 is 5.32 Å². The maximum Gasteiger partial charge on any atom is 0.187 e. The van der Waals surface area contributed by atoms with Crippen molar-refractivity contribution in [1.82, 2.24) is 15.3 Å². The van der Waals surface area contributed by atoms with Crippen molar-refractivity contribution in [3.63, 3.8) is 0 Å². The fourth-order valence-electron chi connectivity index (χ4n) is 1.59. The van der Waals surface area contributed by atoms with Gasteiger partial charge in [-0.25, -0.2) is 14.4 Å². The molecule has 0 aliphatic heterocycles. The average Bonchev–Trinajstić information content (AvgIpc) is 2.45. The van der Waals surface area contributed by atoms with E-state index in [1.807, 2.05) is 6.07 Å². The van der Waals surface area contributed by atoms with Gasteiger partial charge in [-0.3, -0.25) is 0 Å². The Labute approximate surface area is 116 Å². The maximum absolute atomic E-state index is 13.3. The molecule has 0 spiro atoms. The van der Waals surface area contributed by atoms with Gasteiger partial charge in [0.15, 0.2) is 5.16 Å². The van der Waals surface area contributed by atoms with Crippen molar-refractivity contribution < 1.29 is 4.39 Å². The molecule has 0 atom stereocenters. The van der Waals surface area contributed by atoms with E-state index in [1.165, 1.54) is 6.07 Å². The van der Waals surface area contributed by atoms with E-state index < -0.39 is 0 Å². The molecule has 0 aliphatic carbocycles. The number of nitrogens with one attached hydrogen (secondary N) is 1. The highest BCUT2D eigenvalue weighted by molar-refractivity contribution is 7.99. The van der Waals surface area contributed by atoms with Gasteiger partial charge in [0.25, 0.3) is 0 Å². The number of thioether (sulfide) groups is 1. The molecule has 2 rings (SSSR count). The Morgan fingerprint density at radius 2 is 1.89 bits per heavy atom. The molecule has 19 heavy (non-hydrogen) atoms. The Kier molecular flexibility index (Phi) is 5.78. The van der Waals surface area contributed by atoms with Crippen molar-refractivity contribution in [1.29, 1.82) is 0 Å². The maximum atomic E-state index is 13.3. The van der Waals surface area contributed by atoms with Gasteiger partial charge in [-0.1, -0.05) is 30.0 Å². The van der Waals surface area contributed by atoms with E-state index in [0.29, 0.717) is 12.1 Å². The third-order valence-electron chi connectivity index (χ3n) is 2.54. The second-order valence-corrected chi connectivity index (χ2v) is 5.06. The van der Waals surface area contributed by atoms with Crippen LogP contribution in [0.1, 0.15) is 12.0 Å². The summed E-state index contributed by atoms with van der Waals surface area (Å²) >= 11 is 1.63. The van der Waals surface area contributed by atoms with Crippen molar-refractivity contribution in [3.05, 3.63) is 54.1 Å². The lowest BCUT2D eigenvalue weighted by Crippen LogP contribution is -2.16. The van der Waals surface area contributed by atoms with Crippen LogP contribution in [0.15, 0.2) is 47.9 Å². The third kappa shape index (κ3) is 4.96. The molecule has 0 aliphatic rings. The van der Waals surface area contributed by atoms with Gasteiger partial charge in [-0.15, -0.1) is 0 Å². The van der Waals surface area contributed by atoms with Crippen LogP contribution >= 0.6 is 11.8 Å². The predicted molar refractivity (Wildman–Crippen MR) is 75.5 cm³/mol. The fourth-order valence-corrected chi connectivity index (χ4v) is 2.33. The van der Waals surface area contributed by atoms with Crippen LogP contribution in [0.5, 0.6) is 0 Å². The Balaban J connectivity index is 1.59. The topological polar surface area (TPSA) is 37.8 Å². The first kappa shape index (κ1) is 14.0. The lowest BCUT2D eigenvalue weighted by Gasteiger charge is -2.05. The van der Waals surface area contributed by atoms with Crippen molar-refractivity contribution in [3.8, 4) is 0 Å². The molecule has 0 radical (unpaired) electrons. The smallest absolute Gasteiger partial charge is 0.187 e. The molecular formula is C14H16FN3S. The Hall–Kier alpha value is -1.46. The molecule has 0 amide bonds. The lowest BCUT2D eigenvalue weighted by atomic mass is 10.2. The number of rotatable bonds is 7. The molecule has 100 valence electrons. The lowest BCUT2D eigenvalue weighted by molar-refractivity contribution is 0.587. The highest BCUT2D eigenvalue weighted by atomic mass is 32.2. The highest BCUT2D eigenvalue weighted by Gasteiger charge is 1.99. The molecule has 2 aromatic rings. The molecule has 0 saturated heterocycles. The second kappa shape index (κ2) is 7.86. The zero-order chi connectivity index (χ0) is 13.3. The molecule has 3 nitrogen and oxygen atoms in total.